The lowest BCUT2D eigenvalue weighted by Gasteiger charge is -2.26. The number of carbonyl (C=O) groups excluding carboxylic acids is 1. The summed E-state index contributed by atoms with van der Waals surface area (Å²) in [5, 5.41) is 0. The highest BCUT2D eigenvalue weighted by Gasteiger charge is 2.20. The fourth-order valence-corrected chi connectivity index (χ4v) is 1.82. The van der Waals surface area contributed by atoms with Gasteiger partial charge in [-0.15, -0.1) is 0 Å². The Morgan fingerprint density at radius 2 is 2.07 bits per heavy atom. The SMILES string of the molecule is O=C(c1ccncc1F)N1CCCCC1. The predicted octanol–water partition coefficient (Wildman–Crippen LogP) is 1.85. The van der Waals surface area contributed by atoms with Crippen LogP contribution in [-0.2, 0) is 0 Å². The number of likely N-dealkylation sites (tertiary alicyclic amines) is 1. The Kier molecular flexibility index (Phi) is 2.94. The summed E-state index contributed by atoms with van der Waals surface area (Å²) >= 11 is 0. The fraction of sp³-hybridized carbons (Fsp3) is 0.455. The molecule has 0 unspecified atom stereocenters. The summed E-state index contributed by atoms with van der Waals surface area (Å²) in [6, 6.07) is 1.44. The van der Waals surface area contributed by atoms with Gasteiger partial charge in [-0.25, -0.2) is 4.39 Å². The molecule has 80 valence electrons. The van der Waals surface area contributed by atoms with Crippen molar-refractivity contribution in [3.8, 4) is 0 Å². The molecule has 1 aromatic heterocycles. The van der Waals surface area contributed by atoms with Crippen LogP contribution in [0.1, 0.15) is 29.6 Å². The molecule has 2 rings (SSSR count). The zero-order chi connectivity index (χ0) is 10.7. The van der Waals surface area contributed by atoms with Crippen LogP contribution in [0.25, 0.3) is 0 Å². The number of amides is 1. The van der Waals surface area contributed by atoms with Crippen LogP contribution in [0.2, 0.25) is 0 Å². The lowest BCUT2D eigenvalue weighted by molar-refractivity contribution is 0.0719. The van der Waals surface area contributed by atoms with Crippen molar-refractivity contribution in [1.82, 2.24) is 9.88 Å². The molecular weight excluding hydrogens is 195 g/mol. The van der Waals surface area contributed by atoms with Crippen LogP contribution in [0.4, 0.5) is 4.39 Å². The van der Waals surface area contributed by atoms with Gasteiger partial charge in [-0.2, -0.15) is 0 Å². The minimum absolute atomic E-state index is 0.131. The maximum atomic E-state index is 13.3. The number of rotatable bonds is 1. The molecular formula is C11H13FN2O. The van der Waals surface area contributed by atoms with Gasteiger partial charge in [0, 0.05) is 19.3 Å². The van der Waals surface area contributed by atoms with Gasteiger partial charge >= 0.3 is 0 Å². The standard InChI is InChI=1S/C11H13FN2O/c12-10-8-13-5-4-9(10)11(15)14-6-2-1-3-7-14/h4-5,8H,1-3,6-7H2. The number of hydrogen-bond acceptors (Lipinski definition) is 2. The second-order valence-corrected chi connectivity index (χ2v) is 3.71. The Bertz CT molecular complexity index is 361. The smallest absolute Gasteiger partial charge is 0.256 e. The molecule has 0 atom stereocenters. The molecule has 1 aliphatic heterocycles. The Morgan fingerprint density at radius 1 is 1.33 bits per heavy atom. The van der Waals surface area contributed by atoms with Crippen molar-refractivity contribution in [2.24, 2.45) is 0 Å². The maximum absolute atomic E-state index is 13.3. The van der Waals surface area contributed by atoms with E-state index in [1.807, 2.05) is 0 Å². The summed E-state index contributed by atoms with van der Waals surface area (Å²) in [6.07, 6.45) is 5.71. The Morgan fingerprint density at radius 3 is 2.73 bits per heavy atom. The van der Waals surface area contributed by atoms with Crippen molar-refractivity contribution in [3.63, 3.8) is 0 Å². The van der Waals surface area contributed by atoms with E-state index in [1.54, 1.807) is 4.90 Å². The third-order valence-electron chi connectivity index (χ3n) is 2.65. The predicted molar refractivity (Wildman–Crippen MR) is 53.9 cm³/mol. The van der Waals surface area contributed by atoms with Crippen LogP contribution in [0.5, 0.6) is 0 Å². The molecule has 1 aliphatic rings. The number of nitrogens with zero attached hydrogens (tertiary/aromatic N) is 2. The van der Waals surface area contributed by atoms with Crippen molar-refractivity contribution < 1.29 is 9.18 Å². The molecule has 0 bridgehead atoms. The molecule has 1 aromatic rings. The third kappa shape index (κ3) is 2.14. The van der Waals surface area contributed by atoms with Gasteiger partial charge in [0.2, 0.25) is 0 Å². The van der Waals surface area contributed by atoms with Crippen molar-refractivity contribution >= 4 is 5.91 Å². The van der Waals surface area contributed by atoms with Crippen molar-refractivity contribution in [1.29, 1.82) is 0 Å². The normalized spacial score (nSPS) is 16.5. The first-order valence-electron chi connectivity index (χ1n) is 5.18. The van der Waals surface area contributed by atoms with Gasteiger partial charge < -0.3 is 4.90 Å². The molecule has 0 spiro atoms. The van der Waals surface area contributed by atoms with Crippen LogP contribution in [0, 0.1) is 5.82 Å². The van der Waals surface area contributed by atoms with Gasteiger partial charge in [-0.3, -0.25) is 9.78 Å². The molecule has 15 heavy (non-hydrogen) atoms. The number of hydrogen-bond donors (Lipinski definition) is 0. The largest absolute Gasteiger partial charge is 0.339 e. The summed E-state index contributed by atoms with van der Waals surface area (Å²) in [5.41, 5.74) is 0.131. The molecule has 0 aliphatic carbocycles. The summed E-state index contributed by atoms with van der Waals surface area (Å²) in [5.74, 6) is -0.748. The summed E-state index contributed by atoms with van der Waals surface area (Å²) < 4.78 is 13.3. The van der Waals surface area contributed by atoms with Crippen LogP contribution >= 0.6 is 0 Å². The molecule has 1 fully saturated rings. The van der Waals surface area contributed by atoms with E-state index >= 15 is 0 Å². The molecule has 0 aromatic carbocycles. The molecule has 4 heteroatoms. The van der Waals surface area contributed by atoms with Crippen LogP contribution in [0.15, 0.2) is 18.5 Å². The molecule has 1 amide bonds. The van der Waals surface area contributed by atoms with Crippen molar-refractivity contribution in [3.05, 3.63) is 29.8 Å². The van der Waals surface area contributed by atoms with Crippen molar-refractivity contribution in [2.45, 2.75) is 19.3 Å². The average Bonchev–Trinajstić information content (AvgIpc) is 2.30. The maximum Gasteiger partial charge on any atom is 0.256 e. The highest BCUT2D eigenvalue weighted by molar-refractivity contribution is 5.94. The average molecular weight is 208 g/mol. The Balaban J connectivity index is 2.16. The zero-order valence-electron chi connectivity index (χ0n) is 8.45. The van der Waals surface area contributed by atoms with E-state index in [2.05, 4.69) is 4.98 Å². The molecule has 1 saturated heterocycles. The third-order valence-corrected chi connectivity index (χ3v) is 2.65. The molecule has 0 radical (unpaired) electrons. The van der Waals surface area contributed by atoms with Gasteiger partial charge in [-0.1, -0.05) is 0 Å². The van der Waals surface area contributed by atoms with Crippen LogP contribution in [-0.4, -0.2) is 28.9 Å². The molecule has 3 nitrogen and oxygen atoms in total. The zero-order valence-corrected chi connectivity index (χ0v) is 8.45. The number of carbonyl (C=O) groups is 1. The Hall–Kier alpha value is -1.45. The van der Waals surface area contributed by atoms with Crippen molar-refractivity contribution in [2.75, 3.05) is 13.1 Å². The number of halogens is 1. The molecule has 0 N–H and O–H groups in total. The van der Waals surface area contributed by atoms with Crippen LogP contribution in [0.3, 0.4) is 0 Å². The second kappa shape index (κ2) is 4.38. The van der Waals surface area contributed by atoms with E-state index in [9.17, 15) is 9.18 Å². The Labute approximate surface area is 87.9 Å². The van der Waals surface area contributed by atoms with E-state index < -0.39 is 5.82 Å². The van der Waals surface area contributed by atoms with E-state index in [0.717, 1.165) is 38.5 Å². The summed E-state index contributed by atoms with van der Waals surface area (Å²) in [6.45, 7) is 1.47. The first-order valence-corrected chi connectivity index (χ1v) is 5.18. The first-order chi connectivity index (χ1) is 7.29. The lowest BCUT2D eigenvalue weighted by atomic mass is 10.1. The highest BCUT2D eigenvalue weighted by atomic mass is 19.1. The van der Waals surface area contributed by atoms with E-state index in [4.69, 9.17) is 0 Å². The fourth-order valence-electron chi connectivity index (χ4n) is 1.82. The van der Waals surface area contributed by atoms with E-state index in [1.165, 1.54) is 12.3 Å². The van der Waals surface area contributed by atoms with Gasteiger partial charge in [0.25, 0.3) is 5.91 Å². The van der Waals surface area contributed by atoms with Gasteiger partial charge in [0.1, 0.15) is 0 Å². The monoisotopic (exact) mass is 208 g/mol. The number of aromatic nitrogens is 1. The number of pyridine rings is 1. The first kappa shape index (κ1) is 10.1. The van der Waals surface area contributed by atoms with Gasteiger partial charge in [0.15, 0.2) is 5.82 Å². The van der Waals surface area contributed by atoms with Crippen LogP contribution < -0.4 is 0 Å². The summed E-state index contributed by atoms with van der Waals surface area (Å²) in [4.78, 5) is 17.2. The second-order valence-electron chi connectivity index (χ2n) is 3.71. The van der Waals surface area contributed by atoms with E-state index in [-0.39, 0.29) is 11.5 Å². The van der Waals surface area contributed by atoms with E-state index in [0.29, 0.717) is 0 Å². The van der Waals surface area contributed by atoms with Gasteiger partial charge in [0.05, 0.1) is 11.8 Å². The minimum atomic E-state index is -0.534. The highest BCUT2D eigenvalue weighted by Crippen LogP contribution is 2.14. The molecule has 0 saturated carbocycles. The molecule has 2 heterocycles. The topological polar surface area (TPSA) is 33.2 Å². The quantitative estimate of drug-likeness (QED) is 0.705. The minimum Gasteiger partial charge on any atom is -0.339 e. The van der Waals surface area contributed by atoms with Gasteiger partial charge in [-0.05, 0) is 25.3 Å². The lowest BCUT2D eigenvalue weighted by Crippen LogP contribution is -2.36. The number of piperidine rings is 1. The summed E-state index contributed by atoms with van der Waals surface area (Å²) in [7, 11) is 0.